The van der Waals surface area contributed by atoms with E-state index in [0.29, 0.717) is 18.8 Å². The largest absolute Gasteiger partial charge is 0.337 e. The van der Waals surface area contributed by atoms with Gasteiger partial charge in [-0.15, -0.1) is 0 Å². The van der Waals surface area contributed by atoms with Crippen LogP contribution in [0.25, 0.3) is 0 Å². The van der Waals surface area contributed by atoms with Crippen molar-refractivity contribution in [2.75, 3.05) is 19.6 Å². The second kappa shape index (κ2) is 6.10. The highest BCUT2D eigenvalue weighted by atomic mass is 16.2. The highest BCUT2D eigenvalue weighted by molar-refractivity contribution is 5.92. The van der Waals surface area contributed by atoms with E-state index >= 15 is 0 Å². The summed E-state index contributed by atoms with van der Waals surface area (Å²) in [7, 11) is 0. The number of fused-ring (bicyclic) bond motifs is 1. The molecule has 0 aliphatic carbocycles. The van der Waals surface area contributed by atoms with E-state index in [1.807, 2.05) is 9.47 Å². The first-order valence-electron chi connectivity index (χ1n) is 7.36. The Morgan fingerprint density at radius 2 is 1.86 bits per heavy atom. The Labute approximate surface area is 124 Å². The van der Waals surface area contributed by atoms with Crippen LogP contribution in [0.15, 0.2) is 36.8 Å². The lowest BCUT2D eigenvalue weighted by molar-refractivity contribution is 0.0757. The zero-order valence-corrected chi connectivity index (χ0v) is 12.0. The molecule has 0 radical (unpaired) electrons. The van der Waals surface area contributed by atoms with Gasteiger partial charge in [-0.25, -0.2) is 4.98 Å². The molecule has 1 aliphatic heterocycles. The summed E-state index contributed by atoms with van der Waals surface area (Å²) in [5.41, 5.74) is 8.72. The summed E-state index contributed by atoms with van der Waals surface area (Å²) in [6.45, 7) is 2.73. The van der Waals surface area contributed by atoms with Crippen molar-refractivity contribution in [3.63, 3.8) is 0 Å². The maximum Gasteiger partial charge on any atom is 0.274 e. The molecule has 0 bridgehead atoms. The predicted molar refractivity (Wildman–Crippen MR) is 81.0 cm³/mol. The molecule has 5 heteroatoms. The molecule has 2 N–H and O–H groups in total. The molecule has 21 heavy (non-hydrogen) atoms. The van der Waals surface area contributed by atoms with Crippen molar-refractivity contribution in [3.8, 4) is 0 Å². The number of aromatic nitrogens is 2. The van der Waals surface area contributed by atoms with Gasteiger partial charge in [-0.2, -0.15) is 0 Å². The normalized spacial score (nSPS) is 14.6. The summed E-state index contributed by atoms with van der Waals surface area (Å²) >= 11 is 0. The van der Waals surface area contributed by atoms with Gasteiger partial charge < -0.3 is 15.2 Å². The number of imidazole rings is 1. The Morgan fingerprint density at radius 3 is 2.48 bits per heavy atom. The molecule has 0 unspecified atom stereocenters. The smallest absolute Gasteiger partial charge is 0.274 e. The lowest BCUT2D eigenvalue weighted by atomic mass is 10.0. The fourth-order valence-electron chi connectivity index (χ4n) is 2.77. The van der Waals surface area contributed by atoms with E-state index in [-0.39, 0.29) is 5.91 Å². The van der Waals surface area contributed by atoms with Gasteiger partial charge in [0.2, 0.25) is 0 Å². The van der Waals surface area contributed by atoms with E-state index in [0.717, 1.165) is 25.9 Å². The van der Waals surface area contributed by atoms with Crippen molar-refractivity contribution in [1.82, 2.24) is 14.5 Å². The van der Waals surface area contributed by atoms with Gasteiger partial charge in [-0.05, 0) is 24.0 Å². The minimum atomic E-state index is 0.0126. The highest BCUT2D eigenvalue weighted by Crippen LogP contribution is 2.16. The molecular weight excluding hydrogens is 264 g/mol. The van der Waals surface area contributed by atoms with Crippen LogP contribution in [0.1, 0.15) is 21.6 Å². The minimum absolute atomic E-state index is 0.0126. The SMILES string of the molecule is NCCn1cnc(C(=O)N2CCc3ccccc3CC2)c1. The Balaban J connectivity index is 1.71. The van der Waals surface area contributed by atoms with Crippen molar-refractivity contribution in [3.05, 3.63) is 53.6 Å². The van der Waals surface area contributed by atoms with Crippen LogP contribution in [0.4, 0.5) is 0 Å². The number of benzene rings is 1. The molecule has 1 aliphatic rings. The van der Waals surface area contributed by atoms with E-state index in [2.05, 4.69) is 29.2 Å². The molecule has 1 amide bonds. The molecule has 0 atom stereocenters. The molecule has 1 aromatic carbocycles. The summed E-state index contributed by atoms with van der Waals surface area (Å²) in [4.78, 5) is 18.6. The average Bonchev–Trinajstić information content (AvgIpc) is 2.86. The predicted octanol–water partition coefficient (Wildman–Crippen LogP) is 1.08. The van der Waals surface area contributed by atoms with E-state index in [4.69, 9.17) is 5.73 Å². The van der Waals surface area contributed by atoms with Crippen LogP contribution in [0.3, 0.4) is 0 Å². The van der Waals surface area contributed by atoms with Crippen LogP contribution >= 0.6 is 0 Å². The maximum atomic E-state index is 12.5. The summed E-state index contributed by atoms with van der Waals surface area (Å²) in [5, 5.41) is 0. The lowest BCUT2D eigenvalue weighted by Gasteiger charge is -2.18. The van der Waals surface area contributed by atoms with Gasteiger partial charge in [-0.3, -0.25) is 4.79 Å². The first-order chi connectivity index (χ1) is 10.3. The number of rotatable bonds is 3. The number of nitrogens with two attached hydrogens (primary N) is 1. The van der Waals surface area contributed by atoms with Gasteiger partial charge in [-0.1, -0.05) is 24.3 Å². The van der Waals surface area contributed by atoms with Crippen LogP contribution in [-0.2, 0) is 19.4 Å². The molecule has 2 aromatic rings. The molecule has 2 heterocycles. The summed E-state index contributed by atoms with van der Waals surface area (Å²) in [5.74, 6) is 0.0126. The molecule has 5 nitrogen and oxygen atoms in total. The summed E-state index contributed by atoms with van der Waals surface area (Å²) in [6, 6.07) is 8.42. The van der Waals surface area contributed by atoms with Crippen LogP contribution < -0.4 is 5.73 Å². The average molecular weight is 284 g/mol. The molecule has 0 saturated carbocycles. The molecule has 1 aromatic heterocycles. The fraction of sp³-hybridized carbons (Fsp3) is 0.375. The first kappa shape index (κ1) is 13.8. The van der Waals surface area contributed by atoms with Gasteiger partial charge >= 0.3 is 0 Å². The number of carbonyl (C=O) groups excluding carboxylic acids is 1. The van der Waals surface area contributed by atoms with Crippen LogP contribution in [-0.4, -0.2) is 40.0 Å². The molecule has 0 fully saturated rings. The third kappa shape index (κ3) is 2.97. The zero-order chi connectivity index (χ0) is 14.7. The molecule has 0 saturated heterocycles. The standard InChI is InChI=1S/C16H20N4O/c17-7-10-19-11-15(18-12-19)16(21)20-8-5-13-3-1-2-4-14(13)6-9-20/h1-4,11-12H,5-10,17H2. The molecule has 0 spiro atoms. The van der Waals surface area contributed by atoms with Gasteiger partial charge in [0.1, 0.15) is 5.69 Å². The third-order valence-electron chi connectivity index (χ3n) is 3.95. The fourth-order valence-corrected chi connectivity index (χ4v) is 2.77. The van der Waals surface area contributed by atoms with Gasteiger partial charge in [0.05, 0.1) is 6.33 Å². The van der Waals surface area contributed by atoms with E-state index in [9.17, 15) is 4.79 Å². The Morgan fingerprint density at radius 1 is 1.19 bits per heavy atom. The zero-order valence-electron chi connectivity index (χ0n) is 12.0. The third-order valence-corrected chi connectivity index (χ3v) is 3.95. The minimum Gasteiger partial charge on any atom is -0.337 e. The van der Waals surface area contributed by atoms with Crippen molar-refractivity contribution in [2.24, 2.45) is 5.73 Å². The lowest BCUT2D eigenvalue weighted by Crippen LogP contribution is -2.33. The second-order valence-electron chi connectivity index (χ2n) is 5.35. The molecule has 110 valence electrons. The van der Waals surface area contributed by atoms with Crippen molar-refractivity contribution in [1.29, 1.82) is 0 Å². The van der Waals surface area contributed by atoms with E-state index in [1.54, 1.807) is 12.5 Å². The molecule has 3 rings (SSSR count). The number of hydrogen-bond donors (Lipinski definition) is 1. The Hall–Kier alpha value is -2.14. The number of hydrogen-bond acceptors (Lipinski definition) is 3. The van der Waals surface area contributed by atoms with E-state index < -0.39 is 0 Å². The Bertz CT molecular complexity index is 608. The number of amides is 1. The molecular formula is C16H20N4O. The maximum absolute atomic E-state index is 12.5. The highest BCUT2D eigenvalue weighted by Gasteiger charge is 2.21. The number of carbonyl (C=O) groups is 1. The van der Waals surface area contributed by atoms with Crippen LogP contribution in [0.2, 0.25) is 0 Å². The van der Waals surface area contributed by atoms with Crippen molar-refractivity contribution < 1.29 is 4.79 Å². The van der Waals surface area contributed by atoms with Gasteiger partial charge in [0.15, 0.2) is 0 Å². The first-order valence-corrected chi connectivity index (χ1v) is 7.36. The monoisotopic (exact) mass is 284 g/mol. The quantitative estimate of drug-likeness (QED) is 0.917. The van der Waals surface area contributed by atoms with Gasteiger partial charge in [0.25, 0.3) is 5.91 Å². The topological polar surface area (TPSA) is 64.2 Å². The Kier molecular flexibility index (Phi) is 4.01. The van der Waals surface area contributed by atoms with Crippen molar-refractivity contribution in [2.45, 2.75) is 19.4 Å². The van der Waals surface area contributed by atoms with Crippen molar-refractivity contribution >= 4 is 5.91 Å². The summed E-state index contributed by atoms with van der Waals surface area (Å²) in [6.07, 6.45) is 5.27. The van der Waals surface area contributed by atoms with Gasteiger partial charge in [0, 0.05) is 32.4 Å². The number of nitrogens with zero attached hydrogens (tertiary/aromatic N) is 3. The van der Waals surface area contributed by atoms with Crippen LogP contribution in [0.5, 0.6) is 0 Å². The van der Waals surface area contributed by atoms with Crippen LogP contribution in [0, 0.1) is 0 Å². The van der Waals surface area contributed by atoms with E-state index in [1.165, 1.54) is 11.1 Å². The second-order valence-corrected chi connectivity index (χ2v) is 5.35. The summed E-state index contributed by atoms with van der Waals surface area (Å²) < 4.78 is 1.86.